The molecule has 9 rings (SSSR count). The zero-order valence-electron chi connectivity index (χ0n) is 44.3. The summed E-state index contributed by atoms with van der Waals surface area (Å²) in [5, 5.41) is 79.2. The van der Waals surface area contributed by atoms with Crippen LogP contribution in [0.4, 0.5) is 14.5 Å². The maximum absolute atomic E-state index is 15.3. The molecule has 79 heavy (non-hydrogen) atoms. The Balaban J connectivity index is 0.000000384. The molecule has 2 saturated heterocycles. The largest absolute Gasteiger partial charge is 0.496 e. The van der Waals surface area contributed by atoms with Crippen molar-refractivity contribution in [3.05, 3.63) is 70.9 Å². The fraction of sp³-hybridized carbons (Fsp3) is 0.566. The van der Waals surface area contributed by atoms with Crippen LogP contribution in [0, 0.1) is 17.3 Å². The number of alkyl halides is 2. The number of para-hydroxylation sites is 1. The lowest BCUT2D eigenvalue weighted by Crippen LogP contribution is -2.81. The van der Waals surface area contributed by atoms with Gasteiger partial charge in [-0.1, -0.05) is 37.3 Å². The fourth-order valence-corrected chi connectivity index (χ4v) is 13.8. The van der Waals surface area contributed by atoms with Gasteiger partial charge < -0.3 is 74.8 Å². The number of piperidine rings is 1. The topological polar surface area (TPSA) is 364 Å². The van der Waals surface area contributed by atoms with Crippen molar-refractivity contribution in [2.75, 3.05) is 59.5 Å². The van der Waals surface area contributed by atoms with Crippen molar-refractivity contribution >= 4 is 58.4 Å². The highest BCUT2D eigenvalue weighted by Crippen LogP contribution is 2.68. The third kappa shape index (κ3) is 9.73. The van der Waals surface area contributed by atoms with E-state index >= 15 is 13.6 Å². The number of likely N-dealkylation sites (N-methyl/N-ethyl adjacent to an activating group) is 1. The zero-order valence-corrected chi connectivity index (χ0v) is 44.3. The van der Waals surface area contributed by atoms with Crippen molar-refractivity contribution in [3.8, 4) is 5.75 Å². The summed E-state index contributed by atoms with van der Waals surface area (Å²) in [5.74, 6) is -13.0. The number of nitrogens with zero attached hydrogens (tertiary/aromatic N) is 3. The Morgan fingerprint density at radius 2 is 1.42 bits per heavy atom. The SMILES string of the molecule is CCC12C=CCN3CCC4(c5cc(C6(C(=O)OC)CC7CC(C(C)(F)F)CN(Cc8c6[nH]c6ccccc86)C7)c(OC)cc5N(C)C4C(O)(C(=O)OC)C1OC(C)=O)C32.O=C(O)C(O)C(O)C(=O)O.O=C(O)C(O)C(O)C(=O)O. The number of esters is 3. The predicted molar refractivity (Wildman–Crippen MR) is 269 cm³/mol. The summed E-state index contributed by atoms with van der Waals surface area (Å²) in [6, 6.07) is 10.3. The number of halogens is 2. The molecule has 1 saturated carbocycles. The van der Waals surface area contributed by atoms with Crippen LogP contribution in [0.5, 0.6) is 5.75 Å². The van der Waals surface area contributed by atoms with E-state index in [2.05, 4.69) is 14.8 Å². The Bertz CT molecular complexity index is 2860. The molecule has 5 aliphatic heterocycles. The third-order valence-corrected chi connectivity index (χ3v) is 16.9. The van der Waals surface area contributed by atoms with Gasteiger partial charge in [0.15, 0.2) is 30.5 Å². The van der Waals surface area contributed by atoms with Crippen LogP contribution in [0.1, 0.15) is 68.8 Å². The number of H-pyrrole nitrogens is 1. The van der Waals surface area contributed by atoms with Gasteiger partial charge in [-0.05, 0) is 68.3 Å². The minimum atomic E-state index is -2.94. The number of aromatic nitrogens is 1. The van der Waals surface area contributed by atoms with Gasteiger partial charge in [0, 0.05) is 96.9 Å². The highest BCUT2D eigenvalue weighted by atomic mass is 19.3. The number of aliphatic carboxylic acids is 4. The monoisotopic (exact) mass is 1120 g/mol. The van der Waals surface area contributed by atoms with E-state index in [9.17, 15) is 33.9 Å². The number of aliphatic hydroxyl groups is 5. The van der Waals surface area contributed by atoms with Gasteiger partial charge in [-0.15, -0.1) is 0 Å². The van der Waals surface area contributed by atoms with Gasteiger partial charge in [-0.25, -0.2) is 32.8 Å². The number of anilines is 1. The van der Waals surface area contributed by atoms with E-state index in [0.717, 1.165) is 29.0 Å². The van der Waals surface area contributed by atoms with E-state index in [-0.39, 0.29) is 31.3 Å². The molecular formula is C53H66F2N4O20. The van der Waals surface area contributed by atoms with Crippen LogP contribution in [0.25, 0.3) is 10.9 Å². The van der Waals surface area contributed by atoms with Gasteiger partial charge in [0.25, 0.3) is 0 Å². The average Bonchev–Trinajstić information content (AvgIpc) is 2.36. The molecule has 2 bridgehead atoms. The van der Waals surface area contributed by atoms with Crippen LogP contribution in [0.2, 0.25) is 0 Å². The quantitative estimate of drug-likeness (QED) is 0.0644. The van der Waals surface area contributed by atoms with E-state index in [4.69, 9.17) is 59.8 Å². The number of nitrogens with one attached hydrogen (secondary N) is 1. The summed E-state index contributed by atoms with van der Waals surface area (Å²) in [7, 11) is 5.94. The average molecular weight is 1120 g/mol. The summed E-state index contributed by atoms with van der Waals surface area (Å²) in [6.45, 7) is 6.55. The summed E-state index contributed by atoms with van der Waals surface area (Å²) in [5.41, 5.74) is -1.64. The molecule has 26 heteroatoms. The van der Waals surface area contributed by atoms with Crippen LogP contribution in [0.3, 0.4) is 0 Å². The lowest BCUT2D eigenvalue weighted by atomic mass is 9.47. The van der Waals surface area contributed by atoms with E-state index < -0.39 is 112 Å². The molecule has 2 aromatic carbocycles. The molecule has 6 aliphatic rings. The molecule has 0 radical (unpaired) electrons. The Hall–Kier alpha value is -6.81. The molecule has 3 fully saturated rings. The van der Waals surface area contributed by atoms with Crippen LogP contribution >= 0.6 is 0 Å². The van der Waals surface area contributed by atoms with Gasteiger partial charge in [0.1, 0.15) is 11.2 Å². The molecule has 14 unspecified atom stereocenters. The molecule has 1 aromatic heterocycles. The van der Waals surface area contributed by atoms with E-state index in [1.165, 1.54) is 28.3 Å². The van der Waals surface area contributed by atoms with E-state index in [0.29, 0.717) is 61.7 Å². The second kappa shape index (κ2) is 22.0. The van der Waals surface area contributed by atoms with Gasteiger partial charge in [0.2, 0.25) is 11.5 Å². The molecule has 6 heterocycles. The molecule has 10 N–H and O–H groups in total. The van der Waals surface area contributed by atoms with Gasteiger partial charge in [-0.3, -0.25) is 19.4 Å². The Kier molecular flexibility index (Phi) is 16.7. The van der Waals surface area contributed by atoms with Crippen molar-refractivity contribution in [1.82, 2.24) is 14.8 Å². The molecular weight excluding hydrogens is 1050 g/mol. The number of aromatic amines is 1. The highest BCUT2D eigenvalue weighted by Gasteiger charge is 2.80. The Morgan fingerprint density at radius 3 is 1.94 bits per heavy atom. The van der Waals surface area contributed by atoms with Crippen molar-refractivity contribution in [3.63, 3.8) is 0 Å². The Morgan fingerprint density at radius 1 is 0.835 bits per heavy atom. The van der Waals surface area contributed by atoms with Crippen molar-refractivity contribution in [2.24, 2.45) is 17.3 Å². The third-order valence-electron chi connectivity index (χ3n) is 16.9. The van der Waals surface area contributed by atoms with Crippen LogP contribution in [-0.4, -0.2) is 211 Å². The normalized spacial score (nSPS) is 30.7. The molecule has 14 atom stereocenters. The van der Waals surface area contributed by atoms with Crippen molar-refractivity contribution in [1.29, 1.82) is 0 Å². The number of benzene rings is 2. The summed E-state index contributed by atoms with van der Waals surface area (Å²) in [4.78, 5) is 91.6. The van der Waals surface area contributed by atoms with Crippen molar-refractivity contribution in [2.45, 2.75) is 118 Å². The number of carboxylic acids is 4. The first-order valence-electron chi connectivity index (χ1n) is 25.3. The summed E-state index contributed by atoms with van der Waals surface area (Å²) in [6.07, 6.45) is -5.03. The Labute approximate surface area is 450 Å². The maximum Gasteiger partial charge on any atom is 0.344 e. The number of carbonyl (C=O) groups is 7. The molecule has 1 spiro atoms. The fourth-order valence-electron chi connectivity index (χ4n) is 13.8. The number of methoxy groups -OCH3 is 3. The second-order valence-electron chi connectivity index (χ2n) is 21.2. The number of ether oxygens (including phenoxy) is 4. The van der Waals surface area contributed by atoms with Crippen LogP contribution < -0.4 is 9.64 Å². The highest BCUT2D eigenvalue weighted by molar-refractivity contribution is 5.95. The minimum absolute atomic E-state index is 0.155. The number of carboxylic acid groups (broad SMARTS) is 4. The first kappa shape index (κ1) is 59.8. The van der Waals surface area contributed by atoms with Gasteiger partial charge >= 0.3 is 41.8 Å². The number of fused-ring (bicyclic) bond motifs is 6. The summed E-state index contributed by atoms with van der Waals surface area (Å²) < 4.78 is 54.3. The standard InChI is InChI=1S/C45H54F2N4O8.2C4H6O6/c1-8-42-14-11-16-51-17-15-43(36(42)51)30-19-31(34(56-5)20-33(30)49(4)37(43)45(55,40(54)58-7)38(42)59-25(2)52)44(39(53)57-6)21-26-18-27(41(3,46)47)23-50(22-26)24-29-28-12-9-10-13-32(28)48-35(29)44;2*5-1(3(7)8)2(6)4(9)10/h9-14,19-20,26-27,36-38,48,55H,8,15-18,21-24H2,1-7H3;2*1-2,5-6H,(H,7,8)(H,9,10). The summed E-state index contributed by atoms with van der Waals surface area (Å²) >= 11 is 0. The zero-order chi connectivity index (χ0) is 58.6. The lowest BCUT2D eigenvalue weighted by molar-refractivity contribution is -0.228. The number of carbonyl (C=O) groups excluding carboxylic acids is 3. The van der Waals surface area contributed by atoms with Crippen LogP contribution in [-0.2, 0) is 65.1 Å². The number of hydrogen-bond acceptors (Lipinski definition) is 19. The first-order valence-corrected chi connectivity index (χ1v) is 25.3. The van der Waals surface area contributed by atoms with Crippen LogP contribution in [0.15, 0.2) is 48.6 Å². The lowest BCUT2D eigenvalue weighted by Gasteiger charge is -2.63. The minimum Gasteiger partial charge on any atom is -0.496 e. The number of aliphatic hydroxyl groups excluding tert-OH is 4. The molecule has 0 amide bonds. The molecule has 24 nitrogen and oxygen atoms in total. The van der Waals surface area contributed by atoms with E-state index in [1.807, 2.05) is 67.4 Å². The molecule has 432 valence electrons. The van der Waals surface area contributed by atoms with Crippen molar-refractivity contribution < 1.29 is 107 Å². The second-order valence-corrected chi connectivity index (χ2v) is 21.2. The van der Waals surface area contributed by atoms with E-state index in [1.54, 1.807) is 0 Å². The molecule has 3 aromatic rings. The van der Waals surface area contributed by atoms with Gasteiger partial charge in [0.05, 0.1) is 27.4 Å². The number of hydrogen-bond donors (Lipinski definition) is 10. The molecule has 1 aliphatic carbocycles. The first-order chi connectivity index (χ1) is 37.0. The predicted octanol–water partition coefficient (Wildman–Crippen LogP) is 0.834. The maximum atomic E-state index is 15.3. The number of rotatable bonds is 13. The van der Waals surface area contributed by atoms with Gasteiger partial charge in [-0.2, -0.15) is 0 Å². The smallest absolute Gasteiger partial charge is 0.344 e.